The molecule has 0 unspecified atom stereocenters. The zero-order chi connectivity index (χ0) is 14.6. The maximum atomic E-state index is 11.7. The lowest BCUT2D eigenvalue weighted by Crippen LogP contribution is -2.31. The van der Waals surface area contributed by atoms with Crippen molar-refractivity contribution >= 4 is 17.7 Å². The second kappa shape index (κ2) is 5.73. The lowest BCUT2D eigenvalue weighted by Gasteiger charge is -2.20. The summed E-state index contributed by atoms with van der Waals surface area (Å²) in [6, 6.07) is 6.67. The Labute approximate surface area is 113 Å². The Hall–Kier alpha value is -2.04. The van der Waals surface area contributed by atoms with Gasteiger partial charge in [-0.3, -0.25) is 4.79 Å². The third-order valence-corrected chi connectivity index (χ3v) is 3.21. The number of nitrogens with one attached hydrogen (secondary N) is 1. The minimum Gasteiger partial charge on any atom is -0.481 e. The molecule has 0 aliphatic heterocycles. The molecule has 0 saturated carbocycles. The van der Waals surface area contributed by atoms with Crippen molar-refractivity contribution in [2.45, 2.75) is 26.2 Å². The molecular weight excluding hydrogens is 244 g/mol. The summed E-state index contributed by atoms with van der Waals surface area (Å²) < 4.78 is 0. The molecule has 19 heavy (non-hydrogen) atoms. The molecule has 0 aliphatic carbocycles. The molecule has 5 nitrogen and oxygen atoms in total. The van der Waals surface area contributed by atoms with Crippen molar-refractivity contribution in [1.82, 2.24) is 4.90 Å². The number of carboxylic acids is 1. The zero-order valence-electron chi connectivity index (χ0n) is 11.7. The highest BCUT2D eigenvalue weighted by Crippen LogP contribution is 2.24. The van der Waals surface area contributed by atoms with Crippen LogP contribution in [0.5, 0.6) is 0 Å². The van der Waals surface area contributed by atoms with E-state index in [0.29, 0.717) is 17.8 Å². The van der Waals surface area contributed by atoms with E-state index in [1.807, 2.05) is 6.92 Å². The number of carbonyl (C=O) groups is 2. The van der Waals surface area contributed by atoms with E-state index in [4.69, 9.17) is 5.11 Å². The summed E-state index contributed by atoms with van der Waals surface area (Å²) in [6.07, 6.45) is 0. The van der Waals surface area contributed by atoms with Gasteiger partial charge in [-0.2, -0.15) is 0 Å². The normalized spacial score (nSPS) is 10.9. The first-order valence-electron chi connectivity index (χ1n) is 6.15. The van der Waals surface area contributed by atoms with E-state index in [1.54, 1.807) is 50.1 Å². The number of hydrogen-bond donors (Lipinski definition) is 2. The zero-order valence-corrected chi connectivity index (χ0v) is 11.7. The minimum absolute atomic E-state index is 0.187. The Morgan fingerprint density at radius 3 is 2.21 bits per heavy atom. The predicted molar refractivity (Wildman–Crippen MR) is 74.4 cm³/mol. The van der Waals surface area contributed by atoms with Crippen LogP contribution in [0.15, 0.2) is 24.3 Å². The molecule has 0 fully saturated rings. The van der Waals surface area contributed by atoms with E-state index in [2.05, 4.69) is 5.32 Å². The molecule has 0 saturated heterocycles. The van der Waals surface area contributed by atoms with Gasteiger partial charge in [0.05, 0.1) is 5.41 Å². The number of amides is 2. The SMILES string of the molecule is CCN(C)C(=O)Nc1ccc(C(C)(C)C(=O)O)cc1. The Bertz CT molecular complexity index is 466. The van der Waals surface area contributed by atoms with Gasteiger partial charge in [-0.25, -0.2) is 4.79 Å². The number of carbonyl (C=O) groups excluding carboxylic acids is 1. The van der Waals surface area contributed by atoms with Crippen molar-refractivity contribution in [3.8, 4) is 0 Å². The van der Waals surface area contributed by atoms with Crippen LogP contribution in [-0.2, 0) is 10.2 Å². The molecule has 0 bridgehead atoms. The predicted octanol–water partition coefficient (Wildman–Crippen LogP) is 2.53. The third-order valence-electron chi connectivity index (χ3n) is 3.21. The maximum Gasteiger partial charge on any atom is 0.321 e. The van der Waals surface area contributed by atoms with E-state index < -0.39 is 11.4 Å². The molecule has 0 aromatic heterocycles. The topological polar surface area (TPSA) is 69.6 Å². The van der Waals surface area contributed by atoms with Gasteiger partial charge in [-0.15, -0.1) is 0 Å². The van der Waals surface area contributed by atoms with Crippen molar-refractivity contribution in [3.05, 3.63) is 29.8 Å². The van der Waals surface area contributed by atoms with Gasteiger partial charge < -0.3 is 15.3 Å². The molecular formula is C14H20N2O3. The van der Waals surface area contributed by atoms with Crippen LogP contribution in [0.25, 0.3) is 0 Å². The third kappa shape index (κ3) is 3.47. The molecule has 104 valence electrons. The Morgan fingerprint density at radius 2 is 1.79 bits per heavy atom. The van der Waals surface area contributed by atoms with Crippen LogP contribution >= 0.6 is 0 Å². The molecule has 1 aromatic rings. The van der Waals surface area contributed by atoms with Crippen LogP contribution < -0.4 is 5.32 Å². The van der Waals surface area contributed by atoms with Crippen LogP contribution in [0.4, 0.5) is 10.5 Å². The quantitative estimate of drug-likeness (QED) is 0.878. The van der Waals surface area contributed by atoms with Gasteiger partial charge in [0.25, 0.3) is 0 Å². The first kappa shape index (κ1) is 15.0. The molecule has 0 spiro atoms. The summed E-state index contributed by atoms with van der Waals surface area (Å²) >= 11 is 0. The summed E-state index contributed by atoms with van der Waals surface area (Å²) in [4.78, 5) is 24.3. The fourth-order valence-electron chi connectivity index (χ4n) is 1.46. The molecule has 5 heteroatoms. The number of rotatable bonds is 4. The molecule has 0 aliphatic rings. The lowest BCUT2D eigenvalue weighted by atomic mass is 9.85. The first-order chi connectivity index (χ1) is 8.78. The van der Waals surface area contributed by atoms with Crippen LogP contribution in [0, 0.1) is 0 Å². The van der Waals surface area contributed by atoms with Gasteiger partial charge >= 0.3 is 12.0 Å². The molecule has 0 heterocycles. The Morgan fingerprint density at radius 1 is 1.26 bits per heavy atom. The fourth-order valence-corrected chi connectivity index (χ4v) is 1.46. The van der Waals surface area contributed by atoms with Gasteiger partial charge in [0.15, 0.2) is 0 Å². The number of benzene rings is 1. The van der Waals surface area contributed by atoms with Crippen LogP contribution in [0.3, 0.4) is 0 Å². The van der Waals surface area contributed by atoms with Crippen molar-refractivity contribution in [3.63, 3.8) is 0 Å². The fraction of sp³-hybridized carbons (Fsp3) is 0.429. The number of hydrogen-bond acceptors (Lipinski definition) is 2. The highest BCUT2D eigenvalue weighted by Gasteiger charge is 2.29. The van der Waals surface area contributed by atoms with Gasteiger partial charge in [0.2, 0.25) is 0 Å². The monoisotopic (exact) mass is 264 g/mol. The number of carboxylic acid groups (broad SMARTS) is 1. The largest absolute Gasteiger partial charge is 0.481 e. The Balaban J connectivity index is 2.83. The summed E-state index contributed by atoms with van der Waals surface area (Å²) in [7, 11) is 1.71. The van der Waals surface area contributed by atoms with Crippen LogP contribution in [-0.4, -0.2) is 35.6 Å². The number of nitrogens with zero attached hydrogens (tertiary/aromatic N) is 1. The summed E-state index contributed by atoms with van der Waals surface area (Å²) in [5, 5.41) is 11.9. The minimum atomic E-state index is -0.942. The number of aliphatic carboxylic acids is 1. The van der Waals surface area contributed by atoms with Crippen LogP contribution in [0.2, 0.25) is 0 Å². The highest BCUT2D eigenvalue weighted by molar-refractivity contribution is 5.89. The second-order valence-electron chi connectivity index (χ2n) is 4.95. The smallest absolute Gasteiger partial charge is 0.321 e. The molecule has 1 rings (SSSR count). The summed E-state index contributed by atoms with van der Waals surface area (Å²) in [6.45, 7) is 5.80. The van der Waals surface area contributed by atoms with Gasteiger partial charge in [0.1, 0.15) is 0 Å². The van der Waals surface area contributed by atoms with Crippen molar-refractivity contribution in [2.75, 3.05) is 18.9 Å². The van der Waals surface area contributed by atoms with E-state index in [-0.39, 0.29) is 6.03 Å². The first-order valence-corrected chi connectivity index (χ1v) is 6.15. The molecule has 2 amide bonds. The van der Waals surface area contributed by atoms with Crippen molar-refractivity contribution in [2.24, 2.45) is 0 Å². The van der Waals surface area contributed by atoms with E-state index in [9.17, 15) is 9.59 Å². The van der Waals surface area contributed by atoms with Crippen LogP contribution in [0.1, 0.15) is 26.3 Å². The standard InChI is InChI=1S/C14H20N2O3/c1-5-16(4)13(19)15-11-8-6-10(7-9-11)14(2,3)12(17)18/h6-9H,5H2,1-4H3,(H,15,19)(H,17,18). The van der Waals surface area contributed by atoms with Gasteiger partial charge in [-0.1, -0.05) is 12.1 Å². The average Bonchev–Trinajstić information content (AvgIpc) is 2.38. The van der Waals surface area contributed by atoms with E-state index in [1.165, 1.54) is 0 Å². The second-order valence-corrected chi connectivity index (χ2v) is 4.95. The van der Waals surface area contributed by atoms with Crippen molar-refractivity contribution < 1.29 is 14.7 Å². The van der Waals surface area contributed by atoms with E-state index in [0.717, 1.165) is 0 Å². The highest BCUT2D eigenvalue weighted by atomic mass is 16.4. The molecule has 1 aromatic carbocycles. The maximum absolute atomic E-state index is 11.7. The van der Waals surface area contributed by atoms with Gasteiger partial charge in [0, 0.05) is 19.3 Å². The van der Waals surface area contributed by atoms with Crippen molar-refractivity contribution in [1.29, 1.82) is 0 Å². The molecule has 0 atom stereocenters. The molecule has 2 N–H and O–H groups in total. The number of urea groups is 1. The average molecular weight is 264 g/mol. The lowest BCUT2D eigenvalue weighted by molar-refractivity contribution is -0.142. The number of anilines is 1. The van der Waals surface area contributed by atoms with Gasteiger partial charge in [-0.05, 0) is 38.5 Å². The summed E-state index contributed by atoms with van der Waals surface area (Å²) in [5.41, 5.74) is 0.403. The molecule has 0 radical (unpaired) electrons. The Kier molecular flexibility index (Phi) is 4.53. The summed E-state index contributed by atoms with van der Waals surface area (Å²) in [5.74, 6) is -0.880. The van der Waals surface area contributed by atoms with E-state index >= 15 is 0 Å².